The number of hydrogen-bond acceptors (Lipinski definition) is 3. The minimum atomic E-state index is 0.0930. The third-order valence-corrected chi connectivity index (χ3v) is 5.74. The van der Waals surface area contributed by atoms with Crippen molar-refractivity contribution in [2.24, 2.45) is 28.0 Å². The van der Waals surface area contributed by atoms with Crippen LogP contribution >= 0.6 is 0 Å². The largest absolute Gasteiger partial charge is 0.299 e. The lowest BCUT2D eigenvalue weighted by Crippen LogP contribution is -2.33. The van der Waals surface area contributed by atoms with Crippen LogP contribution in [-0.4, -0.2) is 17.2 Å². The lowest BCUT2D eigenvalue weighted by molar-refractivity contribution is -0.121. The van der Waals surface area contributed by atoms with Crippen molar-refractivity contribution in [3.05, 3.63) is 35.4 Å². The summed E-state index contributed by atoms with van der Waals surface area (Å²) in [5, 5.41) is 9.08. The molecule has 134 valence electrons. The van der Waals surface area contributed by atoms with Gasteiger partial charge in [0.1, 0.15) is 5.78 Å². The van der Waals surface area contributed by atoms with E-state index in [4.69, 9.17) is 0 Å². The summed E-state index contributed by atoms with van der Waals surface area (Å²) in [6, 6.07) is 8.43. The maximum absolute atomic E-state index is 12.0. The second-order valence-corrected chi connectivity index (χ2v) is 7.93. The highest BCUT2D eigenvalue weighted by molar-refractivity contribution is 6.06. The molecule has 1 aliphatic heterocycles. The van der Waals surface area contributed by atoms with E-state index in [-0.39, 0.29) is 5.92 Å². The van der Waals surface area contributed by atoms with Crippen LogP contribution in [-0.2, 0) is 11.2 Å². The molecule has 0 N–H and O–H groups in total. The molecule has 25 heavy (non-hydrogen) atoms. The lowest BCUT2D eigenvalue weighted by Gasteiger charge is -2.32. The Balaban J connectivity index is 1.80. The minimum absolute atomic E-state index is 0.0930. The van der Waals surface area contributed by atoms with Crippen molar-refractivity contribution < 1.29 is 4.79 Å². The van der Waals surface area contributed by atoms with E-state index in [1.54, 1.807) is 0 Å². The summed E-state index contributed by atoms with van der Waals surface area (Å²) in [7, 11) is 0. The van der Waals surface area contributed by atoms with E-state index in [2.05, 4.69) is 41.4 Å². The van der Waals surface area contributed by atoms with Gasteiger partial charge in [-0.2, -0.15) is 10.2 Å². The molecular weight excluding hydrogens is 308 g/mol. The van der Waals surface area contributed by atoms with Crippen molar-refractivity contribution in [2.75, 3.05) is 0 Å². The predicted octanol–water partition coefficient (Wildman–Crippen LogP) is 5.22. The number of hydrogen-bond donors (Lipinski definition) is 0. The average Bonchev–Trinajstić information content (AvgIpc) is 2.57. The van der Waals surface area contributed by atoms with E-state index in [9.17, 15) is 4.79 Å². The number of rotatable bonds is 4. The zero-order valence-electron chi connectivity index (χ0n) is 15.8. The van der Waals surface area contributed by atoms with Gasteiger partial charge in [-0.15, -0.1) is 0 Å². The minimum Gasteiger partial charge on any atom is -0.299 e. The summed E-state index contributed by atoms with van der Waals surface area (Å²) < 4.78 is 0. The van der Waals surface area contributed by atoms with E-state index in [0.29, 0.717) is 24.0 Å². The number of carbonyl (C=O) groups is 1. The van der Waals surface area contributed by atoms with Crippen LogP contribution < -0.4 is 0 Å². The fourth-order valence-electron chi connectivity index (χ4n) is 4.06. The van der Waals surface area contributed by atoms with Crippen LogP contribution in [0.3, 0.4) is 0 Å². The second-order valence-electron chi connectivity index (χ2n) is 7.93. The van der Waals surface area contributed by atoms with Crippen molar-refractivity contribution >= 4 is 17.2 Å². The molecule has 0 radical (unpaired) electrons. The van der Waals surface area contributed by atoms with Crippen LogP contribution in [0.4, 0.5) is 0 Å². The van der Waals surface area contributed by atoms with Gasteiger partial charge in [-0.3, -0.25) is 4.79 Å². The molecule has 1 fully saturated rings. The zero-order chi connectivity index (χ0) is 17.8. The van der Waals surface area contributed by atoms with E-state index in [1.165, 1.54) is 49.8 Å². The third kappa shape index (κ3) is 4.26. The van der Waals surface area contributed by atoms with Crippen LogP contribution in [0.15, 0.2) is 34.5 Å². The van der Waals surface area contributed by atoms with E-state index in [0.717, 1.165) is 11.3 Å². The number of Topliss-reactive ketones (excluding diaryl/α,β-unsaturated/α-hetero) is 1. The molecule has 3 nitrogen and oxygen atoms in total. The predicted molar refractivity (Wildman–Crippen MR) is 104 cm³/mol. The quantitative estimate of drug-likeness (QED) is 0.742. The Morgan fingerprint density at radius 2 is 1.64 bits per heavy atom. The first-order chi connectivity index (χ1) is 12.1. The van der Waals surface area contributed by atoms with Crippen molar-refractivity contribution in [2.45, 2.75) is 65.7 Å². The van der Waals surface area contributed by atoms with Crippen molar-refractivity contribution in [1.29, 1.82) is 0 Å². The van der Waals surface area contributed by atoms with Crippen LogP contribution in [0.1, 0.15) is 70.4 Å². The molecule has 2 unspecified atom stereocenters. The molecule has 1 aromatic rings. The van der Waals surface area contributed by atoms with Gasteiger partial charge in [-0.1, -0.05) is 63.8 Å². The lowest BCUT2D eigenvalue weighted by atomic mass is 9.74. The van der Waals surface area contributed by atoms with Gasteiger partial charge in [0.25, 0.3) is 0 Å². The van der Waals surface area contributed by atoms with E-state index >= 15 is 0 Å². The molecule has 1 saturated carbocycles. The van der Waals surface area contributed by atoms with Gasteiger partial charge in [-0.25, -0.2) is 0 Å². The topological polar surface area (TPSA) is 41.8 Å². The smallest absolute Gasteiger partial charge is 0.139 e. The Bertz CT molecular complexity index is 670. The first kappa shape index (κ1) is 18.0. The first-order valence-corrected chi connectivity index (χ1v) is 9.80. The molecule has 2 atom stereocenters. The van der Waals surface area contributed by atoms with Gasteiger partial charge in [0.2, 0.25) is 0 Å². The summed E-state index contributed by atoms with van der Waals surface area (Å²) in [6.07, 6.45) is 8.24. The highest BCUT2D eigenvalue weighted by atomic mass is 16.1. The molecule has 1 aromatic carbocycles. The number of nitrogens with zero attached hydrogens (tertiary/aromatic N) is 2. The first-order valence-electron chi connectivity index (χ1n) is 9.80. The van der Waals surface area contributed by atoms with Gasteiger partial charge < -0.3 is 0 Å². The molecular formula is C22H30N2O. The molecule has 0 amide bonds. The average molecular weight is 338 g/mol. The number of benzene rings is 1. The number of carbonyl (C=O) groups excluding carboxylic acids is 1. The van der Waals surface area contributed by atoms with Crippen LogP contribution in [0.5, 0.6) is 0 Å². The summed E-state index contributed by atoms with van der Waals surface area (Å²) >= 11 is 0. The summed E-state index contributed by atoms with van der Waals surface area (Å²) in [4.78, 5) is 12.0. The van der Waals surface area contributed by atoms with Crippen LogP contribution in [0, 0.1) is 17.8 Å². The SMILES string of the molecule is CC1=NN=C(c2ccc(CC(=O)C(C)C)cc2)C2CCCCCCC12. The molecule has 0 saturated heterocycles. The Kier molecular flexibility index (Phi) is 5.82. The number of ketones is 1. The monoisotopic (exact) mass is 338 g/mol. The zero-order valence-corrected chi connectivity index (χ0v) is 15.8. The standard InChI is InChI=1S/C22H30N2O/c1-15(2)21(25)14-17-10-12-18(13-11-17)22-20-9-7-5-4-6-8-19(20)16(3)23-24-22/h10-13,15,19-20H,4-9,14H2,1-3H3. The molecule has 0 aromatic heterocycles. The van der Waals surface area contributed by atoms with Crippen LogP contribution in [0.2, 0.25) is 0 Å². The maximum Gasteiger partial charge on any atom is 0.139 e. The Hall–Kier alpha value is -1.77. The Labute approximate surface area is 151 Å². The summed E-state index contributed by atoms with van der Waals surface area (Å²) in [5.74, 6) is 1.44. The van der Waals surface area contributed by atoms with Gasteiger partial charge in [-0.05, 0) is 30.9 Å². The molecule has 0 spiro atoms. The summed E-state index contributed by atoms with van der Waals surface area (Å²) in [6.45, 7) is 6.06. The van der Waals surface area contributed by atoms with E-state index < -0.39 is 0 Å². The fraction of sp³-hybridized carbons (Fsp3) is 0.591. The Morgan fingerprint density at radius 3 is 2.28 bits per heavy atom. The van der Waals surface area contributed by atoms with Gasteiger partial charge in [0.05, 0.1) is 5.71 Å². The normalized spacial score (nSPS) is 24.0. The molecule has 1 aliphatic carbocycles. The molecule has 1 heterocycles. The molecule has 3 rings (SSSR count). The number of fused-ring (bicyclic) bond motifs is 1. The van der Waals surface area contributed by atoms with Crippen molar-refractivity contribution in [3.63, 3.8) is 0 Å². The highest BCUT2D eigenvalue weighted by Crippen LogP contribution is 2.34. The summed E-state index contributed by atoms with van der Waals surface area (Å²) in [5.41, 5.74) is 4.62. The second kappa shape index (κ2) is 8.07. The molecule has 3 heteroatoms. The van der Waals surface area contributed by atoms with Gasteiger partial charge in [0, 0.05) is 29.9 Å². The van der Waals surface area contributed by atoms with Gasteiger partial charge >= 0.3 is 0 Å². The highest BCUT2D eigenvalue weighted by Gasteiger charge is 2.32. The van der Waals surface area contributed by atoms with Gasteiger partial charge in [0.15, 0.2) is 0 Å². The van der Waals surface area contributed by atoms with E-state index in [1.807, 2.05) is 13.8 Å². The van der Waals surface area contributed by atoms with Crippen molar-refractivity contribution in [3.8, 4) is 0 Å². The Morgan fingerprint density at radius 1 is 1.00 bits per heavy atom. The maximum atomic E-state index is 12.0. The third-order valence-electron chi connectivity index (χ3n) is 5.74. The van der Waals surface area contributed by atoms with Crippen molar-refractivity contribution in [1.82, 2.24) is 0 Å². The molecule has 2 aliphatic rings. The van der Waals surface area contributed by atoms with Crippen LogP contribution in [0.25, 0.3) is 0 Å². The molecule has 0 bridgehead atoms. The fourth-order valence-corrected chi connectivity index (χ4v) is 4.06.